The van der Waals surface area contributed by atoms with Crippen LogP contribution in [0.1, 0.15) is 12.0 Å². The number of ether oxygens (including phenoxy) is 2. The van der Waals surface area contributed by atoms with Crippen molar-refractivity contribution in [3.63, 3.8) is 0 Å². The molecule has 1 amide bonds. The number of nitrogens with two attached hydrogens (primary N) is 1. The summed E-state index contributed by atoms with van der Waals surface area (Å²) in [5.74, 6) is -0.341. The van der Waals surface area contributed by atoms with Crippen molar-refractivity contribution in [2.45, 2.75) is 25.7 Å². The Morgan fingerprint density at radius 2 is 2.19 bits per heavy atom. The van der Waals surface area contributed by atoms with Crippen molar-refractivity contribution in [3.05, 3.63) is 28.8 Å². The van der Waals surface area contributed by atoms with Crippen molar-refractivity contribution >= 4 is 17.5 Å². The summed E-state index contributed by atoms with van der Waals surface area (Å²) < 4.78 is 33.9. The molecule has 118 valence electrons. The number of hydrogen-bond donors (Lipinski definition) is 2. The van der Waals surface area contributed by atoms with Gasteiger partial charge in [0.05, 0.1) is 12.5 Å². The molecule has 1 atom stereocenters. The molecule has 0 fully saturated rings. The molecule has 0 radical (unpaired) electrons. The maximum atomic E-state index is 12.3. The van der Waals surface area contributed by atoms with Gasteiger partial charge in [0, 0.05) is 30.8 Å². The Bertz CT molecular complexity index is 471. The molecule has 0 spiro atoms. The summed E-state index contributed by atoms with van der Waals surface area (Å²) in [5.41, 5.74) is 5.77. The minimum absolute atomic E-state index is 0.0163. The molecule has 1 unspecified atom stereocenters. The minimum Gasteiger partial charge on any atom is -0.434 e. The van der Waals surface area contributed by atoms with Crippen LogP contribution in [0.3, 0.4) is 0 Å². The molecule has 0 saturated carbocycles. The Morgan fingerprint density at radius 3 is 2.76 bits per heavy atom. The highest BCUT2D eigenvalue weighted by atomic mass is 35.5. The summed E-state index contributed by atoms with van der Waals surface area (Å²) in [6.45, 7) is -2.72. The molecular formula is C13H17ClF2N2O3. The van der Waals surface area contributed by atoms with Crippen molar-refractivity contribution in [2.24, 2.45) is 5.73 Å². The van der Waals surface area contributed by atoms with E-state index < -0.39 is 6.61 Å². The van der Waals surface area contributed by atoms with Crippen LogP contribution in [0.15, 0.2) is 18.2 Å². The highest BCUT2D eigenvalue weighted by Crippen LogP contribution is 2.24. The quantitative estimate of drug-likeness (QED) is 0.767. The van der Waals surface area contributed by atoms with E-state index in [0.717, 1.165) is 0 Å². The number of benzene rings is 1. The second-order valence-corrected chi connectivity index (χ2v) is 4.64. The van der Waals surface area contributed by atoms with Crippen LogP contribution in [0.4, 0.5) is 8.78 Å². The van der Waals surface area contributed by atoms with Crippen LogP contribution in [-0.4, -0.2) is 32.3 Å². The number of amides is 1. The van der Waals surface area contributed by atoms with Crippen molar-refractivity contribution < 1.29 is 23.0 Å². The highest BCUT2D eigenvalue weighted by molar-refractivity contribution is 6.30. The van der Waals surface area contributed by atoms with Gasteiger partial charge in [-0.1, -0.05) is 11.6 Å². The first-order valence-corrected chi connectivity index (χ1v) is 6.56. The molecule has 0 aromatic heterocycles. The summed E-state index contributed by atoms with van der Waals surface area (Å²) >= 11 is 5.81. The summed E-state index contributed by atoms with van der Waals surface area (Å²) in [6.07, 6.45) is -0.306. The fraction of sp³-hybridized carbons (Fsp3) is 0.462. The first-order valence-electron chi connectivity index (χ1n) is 6.19. The predicted molar refractivity (Wildman–Crippen MR) is 74.4 cm³/mol. The average Bonchev–Trinajstić information content (AvgIpc) is 2.44. The van der Waals surface area contributed by atoms with E-state index >= 15 is 0 Å². The Hall–Kier alpha value is -1.44. The fourth-order valence-corrected chi connectivity index (χ4v) is 1.83. The molecular weight excluding hydrogens is 306 g/mol. The zero-order valence-corrected chi connectivity index (χ0v) is 12.2. The molecule has 0 saturated heterocycles. The Morgan fingerprint density at radius 1 is 1.48 bits per heavy atom. The zero-order chi connectivity index (χ0) is 15.8. The standard InChI is InChI=1S/C13H17ClF2N2O3/c1-20-10(6-17)5-12(19)18-7-8-4-9(14)2-3-11(8)21-13(15)16/h2-4,10,13H,5-7,17H2,1H3,(H,18,19). The molecule has 1 aromatic rings. The van der Waals surface area contributed by atoms with Gasteiger partial charge < -0.3 is 20.5 Å². The largest absolute Gasteiger partial charge is 0.434 e. The van der Waals surface area contributed by atoms with Crippen LogP contribution in [0, 0.1) is 0 Å². The normalized spacial score (nSPS) is 12.3. The maximum absolute atomic E-state index is 12.3. The summed E-state index contributed by atoms with van der Waals surface area (Å²) in [6, 6.07) is 4.21. The van der Waals surface area contributed by atoms with Gasteiger partial charge in [-0.05, 0) is 18.2 Å². The number of alkyl halides is 2. The molecule has 1 rings (SSSR count). The van der Waals surface area contributed by atoms with Gasteiger partial charge in [-0.3, -0.25) is 4.79 Å². The average molecular weight is 323 g/mol. The van der Waals surface area contributed by atoms with Gasteiger partial charge in [0.1, 0.15) is 5.75 Å². The van der Waals surface area contributed by atoms with Crippen molar-refractivity contribution in [2.75, 3.05) is 13.7 Å². The minimum atomic E-state index is -2.95. The molecule has 0 aliphatic heterocycles. The summed E-state index contributed by atoms with van der Waals surface area (Å²) in [4.78, 5) is 11.7. The van der Waals surface area contributed by atoms with Crippen molar-refractivity contribution in [1.82, 2.24) is 5.32 Å². The molecule has 0 aliphatic carbocycles. The van der Waals surface area contributed by atoms with Crippen LogP contribution in [0.25, 0.3) is 0 Å². The number of rotatable bonds is 8. The fourth-order valence-electron chi connectivity index (χ4n) is 1.63. The van der Waals surface area contributed by atoms with Gasteiger partial charge in [0.2, 0.25) is 5.91 Å². The second-order valence-electron chi connectivity index (χ2n) is 4.20. The third-order valence-corrected chi connectivity index (χ3v) is 2.96. The Kier molecular flexibility index (Phi) is 7.35. The van der Waals surface area contributed by atoms with Crippen LogP contribution >= 0.6 is 11.6 Å². The lowest BCUT2D eigenvalue weighted by atomic mass is 10.2. The lowest BCUT2D eigenvalue weighted by Crippen LogP contribution is -2.32. The van der Waals surface area contributed by atoms with Crippen LogP contribution in [-0.2, 0) is 16.1 Å². The van der Waals surface area contributed by atoms with Crippen LogP contribution in [0.2, 0.25) is 5.02 Å². The molecule has 21 heavy (non-hydrogen) atoms. The van der Waals surface area contributed by atoms with E-state index in [0.29, 0.717) is 10.6 Å². The topological polar surface area (TPSA) is 73.6 Å². The lowest BCUT2D eigenvalue weighted by molar-refractivity contribution is -0.123. The number of carbonyl (C=O) groups excluding carboxylic acids is 1. The van der Waals surface area contributed by atoms with E-state index in [-0.39, 0.29) is 37.3 Å². The van der Waals surface area contributed by atoms with Gasteiger partial charge >= 0.3 is 6.61 Å². The van der Waals surface area contributed by atoms with E-state index in [1.54, 1.807) is 0 Å². The van der Waals surface area contributed by atoms with E-state index in [1.807, 2.05) is 0 Å². The smallest absolute Gasteiger partial charge is 0.387 e. The number of carbonyl (C=O) groups is 1. The first-order chi connectivity index (χ1) is 9.96. The van der Waals surface area contributed by atoms with E-state index in [4.69, 9.17) is 22.1 Å². The van der Waals surface area contributed by atoms with E-state index in [2.05, 4.69) is 10.1 Å². The Balaban J connectivity index is 2.65. The van der Waals surface area contributed by atoms with Gasteiger partial charge in [-0.2, -0.15) is 8.78 Å². The molecule has 0 heterocycles. The predicted octanol–water partition coefficient (Wildman–Crippen LogP) is 1.92. The number of methoxy groups -OCH3 is 1. The first kappa shape index (κ1) is 17.6. The van der Waals surface area contributed by atoms with E-state index in [1.165, 1.54) is 25.3 Å². The van der Waals surface area contributed by atoms with Crippen LogP contribution < -0.4 is 15.8 Å². The van der Waals surface area contributed by atoms with E-state index in [9.17, 15) is 13.6 Å². The third kappa shape index (κ3) is 6.24. The summed E-state index contributed by atoms with van der Waals surface area (Å²) in [5, 5.41) is 2.94. The maximum Gasteiger partial charge on any atom is 0.387 e. The monoisotopic (exact) mass is 322 g/mol. The van der Waals surface area contributed by atoms with Gasteiger partial charge in [-0.25, -0.2) is 0 Å². The molecule has 3 N–H and O–H groups in total. The molecule has 0 aliphatic rings. The number of halogens is 3. The number of nitrogens with one attached hydrogen (secondary N) is 1. The van der Waals surface area contributed by atoms with Crippen molar-refractivity contribution in [3.8, 4) is 5.75 Å². The zero-order valence-electron chi connectivity index (χ0n) is 11.4. The molecule has 1 aromatic carbocycles. The number of hydrogen-bond acceptors (Lipinski definition) is 4. The van der Waals surface area contributed by atoms with Gasteiger partial charge in [-0.15, -0.1) is 0 Å². The van der Waals surface area contributed by atoms with Crippen LogP contribution in [0.5, 0.6) is 5.75 Å². The SMILES string of the molecule is COC(CN)CC(=O)NCc1cc(Cl)ccc1OC(F)F. The molecule has 5 nitrogen and oxygen atoms in total. The molecule has 0 bridgehead atoms. The lowest BCUT2D eigenvalue weighted by Gasteiger charge is -2.14. The van der Waals surface area contributed by atoms with Gasteiger partial charge in [0.25, 0.3) is 0 Å². The highest BCUT2D eigenvalue weighted by Gasteiger charge is 2.14. The van der Waals surface area contributed by atoms with Crippen molar-refractivity contribution in [1.29, 1.82) is 0 Å². The third-order valence-electron chi connectivity index (χ3n) is 2.72. The summed E-state index contributed by atoms with van der Waals surface area (Å²) in [7, 11) is 1.45. The molecule has 8 heteroatoms. The van der Waals surface area contributed by atoms with Gasteiger partial charge in [0.15, 0.2) is 0 Å². The second kappa shape index (κ2) is 8.76. The Labute approximate surface area is 126 Å².